The summed E-state index contributed by atoms with van der Waals surface area (Å²) in [7, 11) is 4.24. The lowest BCUT2D eigenvalue weighted by molar-refractivity contribution is -0.126. The van der Waals surface area contributed by atoms with Gasteiger partial charge in [-0.05, 0) is 17.2 Å². The van der Waals surface area contributed by atoms with E-state index in [0.717, 1.165) is 5.56 Å². The van der Waals surface area contributed by atoms with Gasteiger partial charge < -0.3 is 19.6 Å². The lowest BCUT2D eigenvalue weighted by atomic mass is 10.0. The molecular formula is C18H20ClN3O5. The molecule has 0 aliphatic carbocycles. The van der Waals surface area contributed by atoms with Crippen molar-refractivity contribution in [3.63, 3.8) is 0 Å². The minimum atomic E-state index is -0.718. The second-order valence-electron chi connectivity index (χ2n) is 5.36. The Balaban J connectivity index is 2.21. The molecule has 0 bridgehead atoms. The molecule has 1 heterocycles. The van der Waals surface area contributed by atoms with E-state index in [1.165, 1.54) is 26.5 Å². The van der Waals surface area contributed by atoms with E-state index in [-0.39, 0.29) is 29.0 Å². The number of halogens is 1. The fraction of sp³-hybridized carbons (Fsp3) is 0.278. The molecule has 1 unspecified atom stereocenters. The third-order valence-electron chi connectivity index (χ3n) is 3.70. The largest absolute Gasteiger partial charge is 0.472 e. The molecule has 1 amide bonds. The first-order chi connectivity index (χ1) is 13.0. The van der Waals surface area contributed by atoms with Gasteiger partial charge in [-0.3, -0.25) is 4.79 Å². The van der Waals surface area contributed by atoms with Crippen LogP contribution >= 0.6 is 11.6 Å². The van der Waals surface area contributed by atoms with Crippen LogP contribution in [0.3, 0.4) is 0 Å². The van der Waals surface area contributed by atoms with Gasteiger partial charge in [0.2, 0.25) is 11.8 Å². The molecule has 2 N–H and O–H groups in total. The molecule has 1 atom stereocenters. The highest BCUT2D eigenvalue weighted by Crippen LogP contribution is 2.25. The first-order valence-electron chi connectivity index (χ1n) is 7.96. The number of methoxy groups -OCH3 is 1. The van der Waals surface area contributed by atoms with Gasteiger partial charge in [0.05, 0.1) is 19.8 Å². The van der Waals surface area contributed by atoms with Crippen molar-refractivity contribution in [1.29, 1.82) is 0 Å². The van der Waals surface area contributed by atoms with Crippen molar-refractivity contribution < 1.29 is 23.9 Å². The highest BCUT2D eigenvalue weighted by molar-refractivity contribution is 6.32. The molecule has 9 heteroatoms. The molecule has 1 aromatic heterocycles. The van der Waals surface area contributed by atoms with E-state index in [4.69, 9.17) is 21.2 Å². The topological polar surface area (TPSA) is 98.8 Å². The molecule has 0 saturated heterocycles. The first-order valence-corrected chi connectivity index (χ1v) is 8.34. The Morgan fingerprint density at radius 1 is 1.26 bits per heavy atom. The predicted octanol–water partition coefficient (Wildman–Crippen LogP) is 2.04. The number of carbonyl (C=O) groups excluding carboxylic acids is 2. The van der Waals surface area contributed by atoms with Crippen LogP contribution < -0.4 is 15.5 Å². The smallest absolute Gasteiger partial charge is 0.339 e. The van der Waals surface area contributed by atoms with Gasteiger partial charge in [0, 0.05) is 13.2 Å². The SMILES string of the molecule is CNC(=O)C(NOC)c1ccccc1COc1ncc(C(=O)OC)cc1Cl. The lowest BCUT2D eigenvalue weighted by Crippen LogP contribution is -2.36. The van der Waals surface area contributed by atoms with Gasteiger partial charge in [0.15, 0.2) is 0 Å². The van der Waals surface area contributed by atoms with E-state index in [9.17, 15) is 9.59 Å². The van der Waals surface area contributed by atoms with Gasteiger partial charge in [0.1, 0.15) is 17.7 Å². The molecule has 8 nitrogen and oxygen atoms in total. The molecule has 0 radical (unpaired) electrons. The van der Waals surface area contributed by atoms with Crippen LogP contribution in [0.2, 0.25) is 5.02 Å². The van der Waals surface area contributed by atoms with Crippen LogP contribution in [0.4, 0.5) is 0 Å². The number of aromatic nitrogens is 1. The van der Waals surface area contributed by atoms with Crippen LogP contribution in [-0.4, -0.2) is 38.1 Å². The average molecular weight is 394 g/mol. The third-order valence-corrected chi connectivity index (χ3v) is 3.97. The van der Waals surface area contributed by atoms with Crippen LogP contribution in [0.1, 0.15) is 27.5 Å². The maximum absolute atomic E-state index is 12.1. The number of pyridine rings is 1. The fourth-order valence-corrected chi connectivity index (χ4v) is 2.60. The molecule has 27 heavy (non-hydrogen) atoms. The maximum Gasteiger partial charge on any atom is 0.339 e. The average Bonchev–Trinajstić information content (AvgIpc) is 2.70. The number of nitrogens with one attached hydrogen (secondary N) is 2. The Labute approximate surface area is 161 Å². The first kappa shape index (κ1) is 20.6. The van der Waals surface area contributed by atoms with Crippen molar-refractivity contribution in [3.8, 4) is 5.88 Å². The maximum atomic E-state index is 12.1. The van der Waals surface area contributed by atoms with E-state index >= 15 is 0 Å². The number of likely N-dealkylation sites (N-methyl/N-ethyl adjacent to an activating group) is 1. The number of amides is 1. The van der Waals surface area contributed by atoms with Crippen molar-refractivity contribution in [2.45, 2.75) is 12.6 Å². The summed E-state index contributed by atoms with van der Waals surface area (Å²) < 4.78 is 10.3. The van der Waals surface area contributed by atoms with Gasteiger partial charge in [0.25, 0.3) is 0 Å². The van der Waals surface area contributed by atoms with Crippen molar-refractivity contribution >= 4 is 23.5 Å². The number of rotatable bonds is 8. The summed E-state index contributed by atoms with van der Waals surface area (Å²) in [5, 5.41) is 2.76. The number of hydroxylamine groups is 1. The molecular weight excluding hydrogens is 374 g/mol. The normalized spacial score (nSPS) is 11.6. The highest BCUT2D eigenvalue weighted by Gasteiger charge is 2.22. The highest BCUT2D eigenvalue weighted by atomic mass is 35.5. The van der Waals surface area contributed by atoms with Gasteiger partial charge in [-0.15, -0.1) is 0 Å². The Hall–Kier alpha value is -2.68. The molecule has 144 valence electrons. The summed E-state index contributed by atoms with van der Waals surface area (Å²) in [5.74, 6) is -0.640. The standard InChI is InChI=1S/C18H20ClN3O5/c1-20-16(23)15(22-26-3)13-7-5-4-6-11(13)10-27-17-14(19)8-12(9-21-17)18(24)25-2/h4-9,15,22H,10H2,1-3H3,(H,20,23). The minimum Gasteiger partial charge on any atom is -0.472 e. The van der Waals surface area contributed by atoms with Crippen LogP contribution in [0.15, 0.2) is 36.5 Å². The molecule has 2 aromatic rings. The molecule has 0 fully saturated rings. The zero-order chi connectivity index (χ0) is 19.8. The molecule has 0 aliphatic heterocycles. The third kappa shape index (κ3) is 5.16. The minimum absolute atomic E-state index is 0.110. The number of hydrogen-bond acceptors (Lipinski definition) is 7. The summed E-state index contributed by atoms with van der Waals surface area (Å²) in [6.07, 6.45) is 1.32. The zero-order valence-electron chi connectivity index (χ0n) is 15.1. The quantitative estimate of drug-likeness (QED) is 0.523. The van der Waals surface area contributed by atoms with Gasteiger partial charge >= 0.3 is 5.97 Å². The van der Waals surface area contributed by atoms with Crippen LogP contribution in [0, 0.1) is 0 Å². The van der Waals surface area contributed by atoms with E-state index in [2.05, 4.69) is 20.5 Å². The van der Waals surface area contributed by atoms with E-state index in [1.54, 1.807) is 13.1 Å². The summed E-state index contributed by atoms with van der Waals surface area (Å²) >= 11 is 6.13. The summed E-state index contributed by atoms with van der Waals surface area (Å²) in [6.45, 7) is 0.110. The number of esters is 1. The Morgan fingerprint density at radius 2 is 2.00 bits per heavy atom. The molecule has 0 aliphatic rings. The molecule has 0 spiro atoms. The monoisotopic (exact) mass is 393 g/mol. The summed E-state index contributed by atoms with van der Waals surface area (Å²) in [5.41, 5.74) is 4.31. The van der Waals surface area contributed by atoms with Gasteiger partial charge in [-0.25, -0.2) is 9.78 Å². The van der Waals surface area contributed by atoms with Gasteiger partial charge in [-0.1, -0.05) is 35.9 Å². The summed E-state index contributed by atoms with van der Waals surface area (Å²) in [6, 6.07) is 7.94. The number of nitrogens with zero attached hydrogens (tertiary/aromatic N) is 1. The number of ether oxygens (including phenoxy) is 2. The Bertz CT molecular complexity index is 815. The second-order valence-corrected chi connectivity index (χ2v) is 5.77. The molecule has 1 aromatic carbocycles. The number of hydrogen-bond donors (Lipinski definition) is 2. The van der Waals surface area contributed by atoms with Crippen molar-refractivity contribution in [2.24, 2.45) is 0 Å². The molecule has 2 rings (SSSR count). The second kappa shape index (κ2) is 9.86. The van der Waals surface area contributed by atoms with E-state index < -0.39 is 12.0 Å². The van der Waals surface area contributed by atoms with Crippen LogP contribution in [0.25, 0.3) is 0 Å². The number of carbonyl (C=O) groups is 2. The Kier molecular flexibility index (Phi) is 7.54. The lowest BCUT2D eigenvalue weighted by Gasteiger charge is -2.19. The van der Waals surface area contributed by atoms with Crippen molar-refractivity contribution in [3.05, 3.63) is 58.2 Å². The van der Waals surface area contributed by atoms with Gasteiger partial charge in [-0.2, -0.15) is 5.48 Å². The van der Waals surface area contributed by atoms with Crippen LogP contribution in [-0.2, 0) is 21.0 Å². The molecule has 0 saturated carbocycles. The predicted molar refractivity (Wildman–Crippen MR) is 98.3 cm³/mol. The van der Waals surface area contributed by atoms with Crippen LogP contribution in [0.5, 0.6) is 5.88 Å². The van der Waals surface area contributed by atoms with Crippen molar-refractivity contribution in [1.82, 2.24) is 15.8 Å². The fourth-order valence-electron chi connectivity index (χ4n) is 2.37. The Morgan fingerprint density at radius 3 is 2.63 bits per heavy atom. The van der Waals surface area contributed by atoms with Crippen molar-refractivity contribution in [2.75, 3.05) is 21.3 Å². The number of benzene rings is 1. The van der Waals surface area contributed by atoms with E-state index in [0.29, 0.717) is 5.56 Å². The zero-order valence-corrected chi connectivity index (χ0v) is 15.9. The summed E-state index contributed by atoms with van der Waals surface area (Å²) in [4.78, 5) is 32.6. The van der Waals surface area contributed by atoms with E-state index in [1.807, 2.05) is 18.2 Å².